The highest BCUT2D eigenvalue weighted by Gasteiger charge is 2.59. The number of alkyl halides is 8. The Hall–Kier alpha value is -0.540. The molecule has 0 N–H and O–H groups in total. The summed E-state index contributed by atoms with van der Waals surface area (Å²) in [5, 5.41) is -0.590. The fraction of sp³-hybridized carbons (Fsp3) is 0.889. The normalized spacial score (nSPS) is 15.4. The van der Waals surface area contributed by atoms with Crippen LogP contribution >= 0.6 is 11.8 Å². The van der Waals surface area contributed by atoms with Gasteiger partial charge >= 0.3 is 6.18 Å². The van der Waals surface area contributed by atoms with Gasteiger partial charge in [0.2, 0.25) is 6.17 Å². The van der Waals surface area contributed by atoms with Crippen molar-refractivity contribution in [1.29, 1.82) is 0 Å². The lowest BCUT2D eigenvalue weighted by atomic mass is 10.0. The molecule has 0 radical (unpaired) electrons. The number of carbonyl (C=O) groups is 1. The van der Waals surface area contributed by atoms with E-state index in [1.54, 1.807) is 0 Å². The van der Waals surface area contributed by atoms with E-state index >= 15 is 0 Å². The summed E-state index contributed by atoms with van der Waals surface area (Å²) in [4.78, 5) is 10.4. The maximum absolute atomic E-state index is 13.0. The zero-order valence-corrected chi connectivity index (χ0v) is 10.4. The molecule has 1 unspecified atom stereocenters. The Labute approximate surface area is 107 Å². The Kier molecular flexibility index (Phi) is 6.10. The van der Waals surface area contributed by atoms with Gasteiger partial charge in [-0.2, -0.15) is 13.2 Å². The topological polar surface area (TPSA) is 17.1 Å². The lowest BCUT2D eigenvalue weighted by Crippen LogP contribution is -2.46. The van der Waals surface area contributed by atoms with Gasteiger partial charge in [-0.15, -0.1) is 0 Å². The van der Waals surface area contributed by atoms with Crippen LogP contribution in [0.2, 0.25) is 0 Å². The van der Waals surface area contributed by atoms with Crippen molar-refractivity contribution >= 4 is 16.9 Å². The molecule has 0 spiro atoms. The molecule has 19 heavy (non-hydrogen) atoms. The maximum Gasteiger partial charge on any atom is 0.394 e. The maximum atomic E-state index is 13.0. The van der Waals surface area contributed by atoms with Crippen LogP contribution in [0, 0.1) is 0 Å². The quantitative estimate of drug-likeness (QED) is 0.682. The molecule has 0 saturated heterocycles. The monoisotopic (exact) mass is 318 g/mol. The molecule has 0 bridgehead atoms. The average molecular weight is 318 g/mol. The first-order chi connectivity index (χ1) is 8.28. The van der Waals surface area contributed by atoms with E-state index in [2.05, 4.69) is 0 Å². The van der Waals surface area contributed by atoms with E-state index in [1.807, 2.05) is 0 Å². The Morgan fingerprint density at radius 2 is 1.53 bits per heavy atom. The van der Waals surface area contributed by atoms with E-state index < -0.39 is 47.9 Å². The van der Waals surface area contributed by atoms with Crippen LogP contribution in [0.25, 0.3) is 0 Å². The lowest BCUT2D eigenvalue weighted by molar-refractivity contribution is -0.237. The highest BCUT2D eigenvalue weighted by atomic mass is 32.2. The fourth-order valence-corrected chi connectivity index (χ4v) is 1.79. The summed E-state index contributed by atoms with van der Waals surface area (Å²) in [6.07, 6.45) is -14.1. The van der Waals surface area contributed by atoms with Gasteiger partial charge in [0, 0.05) is 19.1 Å². The molecule has 1 nitrogen and oxygen atoms in total. The van der Waals surface area contributed by atoms with Gasteiger partial charge in [-0.3, -0.25) is 4.79 Å². The second-order valence-corrected chi connectivity index (χ2v) is 5.04. The zero-order valence-electron chi connectivity index (χ0n) is 9.54. The molecule has 0 aromatic rings. The third-order valence-electron chi connectivity index (χ3n) is 1.92. The number of rotatable bonds is 6. The molecular weight excluding hydrogens is 308 g/mol. The second-order valence-electron chi connectivity index (χ2n) is 3.77. The minimum absolute atomic E-state index is 0.347. The summed E-state index contributed by atoms with van der Waals surface area (Å²) >= 11 is 0.347. The molecule has 0 aromatic carbocycles. The minimum Gasteiger partial charge on any atom is -0.288 e. The lowest BCUT2D eigenvalue weighted by Gasteiger charge is -2.28. The highest BCUT2D eigenvalue weighted by molar-refractivity contribution is 8.13. The Morgan fingerprint density at radius 3 is 1.89 bits per heavy atom. The van der Waals surface area contributed by atoms with Crippen molar-refractivity contribution in [2.45, 2.75) is 44.0 Å². The number of hydrogen-bond donors (Lipinski definition) is 0. The number of hydrogen-bond acceptors (Lipinski definition) is 2. The molecule has 0 aliphatic rings. The van der Waals surface area contributed by atoms with Gasteiger partial charge in [-0.05, 0) is 0 Å². The van der Waals surface area contributed by atoms with Crippen LogP contribution in [0.4, 0.5) is 35.1 Å². The van der Waals surface area contributed by atoms with E-state index in [0.717, 1.165) is 6.92 Å². The van der Waals surface area contributed by atoms with Crippen LogP contribution in [0.3, 0.4) is 0 Å². The molecule has 0 rings (SSSR count). The first-order valence-electron chi connectivity index (χ1n) is 4.88. The predicted octanol–water partition coefficient (Wildman–Crippen LogP) is 4.22. The Morgan fingerprint density at radius 1 is 1.05 bits per heavy atom. The summed E-state index contributed by atoms with van der Waals surface area (Å²) in [7, 11) is 0. The minimum atomic E-state index is -5.46. The first-order valence-corrected chi connectivity index (χ1v) is 5.86. The van der Waals surface area contributed by atoms with Gasteiger partial charge in [-0.1, -0.05) is 11.8 Å². The van der Waals surface area contributed by atoms with Gasteiger partial charge in [0.05, 0.1) is 0 Å². The summed E-state index contributed by atoms with van der Waals surface area (Å²) in [6, 6.07) is 0. The number of halogens is 8. The van der Waals surface area contributed by atoms with Crippen molar-refractivity contribution in [3.8, 4) is 0 Å². The molecule has 0 fully saturated rings. The van der Waals surface area contributed by atoms with Crippen molar-refractivity contribution in [3.05, 3.63) is 0 Å². The zero-order chi connectivity index (χ0) is 15.5. The summed E-state index contributed by atoms with van der Waals surface area (Å²) in [6.45, 7) is 1.02. The number of carbonyl (C=O) groups excluding carboxylic acids is 1. The van der Waals surface area contributed by atoms with E-state index in [4.69, 9.17) is 0 Å². The van der Waals surface area contributed by atoms with Gasteiger partial charge in [0.1, 0.15) is 6.42 Å². The SMILES string of the molecule is CC(=O)SCCC(F)(F)C(F)C(F)(F)CC(F)(F)F. The number of thioether (sulfide) groups is 1. The van der Waals surface area contributed by atoms with Crippen LogP contribution in [-0.4, -0.2) is 35.1 Å². The fourth-order valence-electron chi connectivity index (χ4n) is 1.12. The van der Waals surface area contributed by atoms with E-state index in [-0.39, 0.29) is 0 Å². The van der Waals surface area contributed by atoms with Crippen molar-refractivity contribution in [3.63, 3.8) is 0 Å². The van der Waals surface area contributed by atoms with Crippen LogP contribution in [0.15, 0.2) is 0 Å². The Bertz CT molecular complexity index is 314. The molecular formula is C9H10F8OS. The van der Waals surface area contributed by atoms with Crippen LogP contribution in [-0.2, 0) is 4.79 Å². The third kappa shape index (κ3) is 6.98. The van der Waals surface area contributed by atoms with Crippen molar-refractivity contribution < 1.29 is 39.9 Å². The van der Waals surface area contributed by atoms with Crippen molar-refractivity contribution in [2.24, 2.45) is 0 Å². The largest absolute Gasteiger partial charge is 0.394 e. The van der Waals surface area contributed by atoms with Crippen LogP contribution < -0.4 is 0 Å². The molecule has 1 atom stereocenters. The van der Waals surface area contributed by atoms with Gasteiger partial charge in [-0.25, -0.2) is 22.0 Å². The predicted molar refractivity (Wildman–Crippen MR) is 53.2 cm³/mol. The highest BCUT2D eigenvalue weighted by Crippen LogP contribution is 2.42. The second kappa shape index (κ2) is 6.27. The van der Waals surface area contributed by atoms with E-state index in [9.17, 15) is 39.9 Å². The van der Waals surface area contributed by atoms with Gasteiger partial charge in [0.15, 0.2) is 5.12 Å². The summed E-state index contributed by atoms with van der Waals surface area (Å²) < 4.78 is 99.5. The standard InChI is InChI=1S/C9H10F8OS/c1-5(18)19-3-2-7(11,12)6(10)8(13,14)4-9(15,16)17/h6H,2-4H2,1H3. The van der Waals surface area contributed by atoms with Crippen LogP contribution in [0.5, 0.6) is 0 Å². The summed E-state index contributed by atoms with van der Waals surface area (Å²) in [5.41, 5.74) is 0. The molecule has 0 amide bonds. The molecule has 10 heteroatoms. The van der Waals surface area contributed by atoms with Crippen molar-refractivity contribution in [1.82, 2.24) is 0 Å². The average Bonchev–Trinajstić information content (AvgIpc) is 2.11. The third-order valence-corrected chi connectivity index (χ3v) is 2.73. The van der Waals surface area contributed by atoms with Crippen LogP contribution in [0.1, 0.15) is 19.8 Å². The molecule has 114 valence electrons. The Balaban J connectivity index is 4.66. The molecule has 0 saturated carbocycles. The molecule has 0 heterocycles. The van der Waals surface area contributed by atoms with E-state index in [0.29, 0.717) is 11.8 Å². The smallest absolute Gasteiger partial charge is 0.288 e. The molecule has 0 aliphatic heterocycles. The van der Waals surface area contributed by atoms with E-state index in [1.165, 1.54) is 0 Å². The summed E-state index contributed by atoms with van der Waals surface area (Å²) in [5.74, 6) is -10.5. The first kappa shape index (κ1) is 18.5. The molecule has 0 aromatic heterocycles. The van der Waals surface area contributed by atoms with Gasteiger partial charge in [0.25, 0.3) is 11.8 Å². The van der Waals surface area contributed by atoms with Crippen molar-refractivity contribution in [2.75, 3.05) is 5.75 Å². The van der Waals surface area contributed by atoms with Gasteiger partial charge < -0.3 is 0 Å². The molecule has 0 aliphatic carbocycles.